The van der Waals surface area contributed by atoms with E-state index in [0.29, 0.717) is 31.1 Å². The van der Waals surface area contributed by atoms with Crippen molar-refractivity contribution >= 4 is 5.78 Å². The van der Waals surface area contributed by atoms with Crippen molar-refractivity contribution in [2.45, 2.75) is 78.6 Å². The van der Waals surface area contributed by atoms with Crippen molar-refractivity contribution in [1.82, 2.24) is 0 Å². The summed E-state index contributed by atoms with van der Waals surface area (Å²) in [7, 11) is 0. The molecule has 2 bridgehead atoms. The summed E-state index contributed by atoms with van der Waals surface area (Å²) in [4.78, 5) is 13.3. The van der Waals surface area contributed by atoms with Gasteiger partial charge in [-0.1, -0.05) is 64.1 Å². The standard InChI is InChI=1S/C28H40O4/c1-6-26(4)16-23(30)27(5)19(2)12-14-28(15-13-22(29)24(27)28)20(3)25(26)32-18-31-17-21-10-8-7-9-11-21/h6-11,19-20,23-25,30H,1,12-18H2,2-5H3/t19-,20-,23-,24?,25+,26+,27+,28+/m1/s1. The Hall–Kier alpha value is -1.49. The molecule has 176 valence electrons. The van der Waals surface area contributed by atoms with Crippen LogP contribution in [-0.4, -0.2) is 29.9 Å². The fourth-order valence-electron chi connectivity index (χ4n) is 7.54. The van der Waals surface area contributed by atoms with Crippen LogP contribution in [0.4, 0.5) is 0 Å². The Morgan fingerprint density at radius 3 is 2.59 bits per heavy atom. The number of benzene rings is 1. The van der Waals surface area contributed by atoms with Gasteiger partial charge in [-0.3, -0.25) is 4.79 Å². The maximum Gasteiger partial charge on any atom is 0.147 e. The SMILES string of the molecule is C=C[C@@]1(C)C[C@@H](O)[C@@]2(C)C3C(=O)CC[C@@]3(CC[C@H]2C)[C@H](C)[C@@H]1OCOCc1ccccc1. The second kappa shape index (κ2) is 8.70. The Labute approximate surface area is 193 Å². The van der Waals surface area contributed by atoms with Gasteiger partial charge in [-0.05, 0) is 48.5 Å². The first-order valence-corrected chi connectivity index (χ1v) is 12.3. The smallest absolute Gasteiger partial charge is 0.147 e. The second-order valence-corrected chi connectivity index (χ2v) is 11.2. The molecule has 0 amide bonds. The second-order valence-electron chi connectivity index (χ2n) is 11.2. The van der Waals surface area contributed by atoms with Gasteiger partial charge in [0.2, 0.25) is 0 Å². The molecule has 32 heavy (non-hydrogen) atoms. The fourth-order valence-corrected chi connectivity index (χ4v) is 7.54. The van der Waals surface area contributed by atoms with Crippen LogP contribution in [0.25, 0.3) is 0 Å². The van der Waals surface area contributed by atoms with Crippen molar-refractivity contribution in [2.24, 2.45) is 34.0 Å². The van der Waals surface area contributed by atoms with Gasteiger partial charge in [0, 0.05) is 23.2 Å². The molecule has 0 radical (unpaired) electrons. The number of Topliss-reactive ketones (excluding diaryl/α,β-unsaturated/α-hetero) is 1. The predicted octanol–water partition coefficient (Wildman–Crippen LogP) is 5.54. The highest BCUT2D eigenvalue weighted by Crippen LogP contribution is 2.67. The topological polar surface area (TPSA) is 55.8 Å². The Morgan fingerprint density at radius 2 is 1.91 bits per heavy atom. The summed E-state index contributed by atoms with van der Waals surface area (Å²) in [5, 5.41) is 11.6. The molecule has 0 spiro atoms. The Bertz CT molecular complexity index is 837. The molecule has 8 atom stereocenters. The minimum absolute atomic E-state index is 0.102. The summed E-state index contributed by atoms with van der Waals surface area (Å²) in [5.41, 5.74) is 0.171. The van der Waals surface area contributed by atoms with Crippen molar-refractivity contribution in [2.75, 3.05) is 6.79 Å². The van der Waals surface area contributed by atoms with E-state index in [1.807, 2.05) is 36.4 Å². The van der Waals surface area contributed by atoms with E-state index >= 15 is 0 Å². The molecule has 0 aliphatic heterocycles. The lowest BCUT2D eigenvalue weighted by molar-refractivity contribution is -0.218. The van der Waals surface area contributed by atoms with E-state index in [9.17, 15) is 9.90 Å². The first kappa shape index (κ1) is 23.7. The van der Waals surface area contributed by atoms with Crippen LogP contribution in [0.1, 0.15) is 65.4 Å². The molecular weight excluding hydrogens is 400 g/mol. The van der Waals surface area contributed by atoms with Gasteiger partial charge < -0.3 is 14.6 Å². The van der Waals surface area contributed by atoms with E-state index in [-0.39, 0.29) is 30.1 Å². The number of carbonyl (C=O) groups excluding carboxylic acids is 1. The van der Waals surface area contributed by atoms with Gasteiger partial charge in [-0.25, -0.2) is 0 Å². The highest BCUT2D eigenvalue weighted by atomic mass is 16.7. The number of aliphatic hydroxyl groups excluding tert-OH is 1. The number of carbonyl (C=O) groups is 1. The molecule has 1 aromatic carbocycles. The molecule has 1 N–H and O–H groups in total. The van der Waals surface area contributed by atoms with E-state index < -0.39 is 16.9 Å². The highest BCUT2D eigenvalue weighted by Gasteiger charge is 2.67. The lowest BCUT2D eigenvalue weighted by Crippen LogP contribution is -2.62. The molecule has 0 heterocycles. The normalized spacial score (nSPS) is 43.9. The minimum Gasteiger partial charge on any atom is -0.392 e. The quantitative estimate of drug-likeness (QED) is 0.358. The van der Waals surface area contributed by atoms with Crippen molar-refractivity contribution in [3.63, 3.8) is 0 Å². The zero-order chi connectivity index (χ0) is 23.1. The number of hydrogen-bond acceptors (Lipinski definition) is 4. The minimum atomic E-state index is -0.573. The maximum atomic E-state index is 13.3. The number of rotatable bonds is 6. The number of ether oxygens (including phenoxy) is 2. The molecule has 1 aromatic rings. The Morgan fingerprint density at radius 1 is 1.19 bits per heavy atom. The number of hydrogen-bond donors (Lipinski definition) is 1. The number of ketones is 1. The largest absolute Gasteiger partial charge is 0.392 e. The summed E-state index contributed by atoms with van der Waals surface area (Å²) in [6, 6.07) is 10.1. The van der Waals surface area contributed by atoms with Crippen molar-refractivity contribution in [3.8, 4) is 0 Å². The van der Waals surface area contributed by atoms with Crippen molar-refractivity contribution in [1.29, 1.82) is 0 Å². The van der Waals surface area contributed by atoms with Crippen molar-refractivity contribution in [3.05, 3.63) is 48.6 Å². The molecule has 4 heteroatoms. The zero-order valence-electron chi connectivity index (χ0n) is 20.2. The van der Waals surface area contributed by atoms with Gasteiger partial charge in [0.15, 0.2) is 0 Å². The van der Waals surface area contributed by atoms with Crippen LogP contribution in [0.2, 0.25) is 0 Å². The van der Waals surface area contributed by atoms with Crippen LogP contribution in [0, 0.1) is 34.0 Å². The van der Waals surface area contributed by atoms with Crippen LogP contribution >= 0.6 is 0 Å². The van der Waals surface area contributed by atoms with Gasteiger partial charge in [0.25, 0.3) is 0 Å². The van der Waals surface area contributed by atoms with E-state index in [4.69, 9.17) is 9.47 Å². The summed E-state index contributed by atoms with van der Waals surface area (Å²) < 4.78 is 12.4. The van der Waals surface area contributed by atoms with Crippen LogP contribution < -0.4 is 0 Å². The third-order valence-corrected chi connectivity index (χ3v) is 9.73. The highest BCUT2D eigenvalue weighted by molar-refractivity contribution is 5.85. The first-order chi connectivity index (χ1) is 15.2. The summed E-state index contributed by atoms with van der Waals surface area (Å²) in [6.07, 6.45) is 5.34. The number of aliphatic hydroxyl groups is 1. The molecule has 4 rings (SSSR count). The predicted molar refractivity (Wildman–Crippen MR) is 126 cm³/mol. The Kier molecular flexibility index (Phi) is 6.43. The fraction of sp³-hybridized carbons (Fsp3) is 0.679. The van der Waals surface area contributed by atoms with Gasteiger partial charge in [-0.15, -0.1) is 6.58 Å². The van der Waals surface area contributed by atoms with E-state index in [1.165, 1.54) is 0 Å². The van der Waals surface area contributed by atoms with Crippen LogP contribution in [0.3, 0.4) is 0 Å². The van der Waals surface area contributed by atoms with E-state index in [2.05, 4.69) is 34.3 Å². The van der Waals surface area contributed by atoms with E-state index in [0.717, 1.165) is 24.8 Å². The average molecular weight is 441 g/mol. The molecule has 3 aliphatic rings. The lowest BCUT2D eigenvalue weighted by Gasteiger charge is -2.62. The maximum absolute atomic E-state index is 13.3. The molecule has 4 nitrogen and oxygen atoms in total. The molecule has 0 saturated heterocycles. The van der Waals surface area contributed by atoms with Crippen LogP contribution in [0.15, 0.2) is 43.0 Å². The van der Waals surface area contributed by atoms with E-state index in [1.54, 1.807) is 0 Å². The monoisotopic (exact) mass is 440 g/mol. The summed E-state index contributed by atoms with van der Waals surface area (Å²) in [6.45, 7) is 13.7. The van der Waals surface area contributed by atoms with Crippen LogP contribution in [-0.2, 0) is 20.9 Å². The molecule has 3 saturated carbocycles. The molecule has 1 unspecified atom stereocenters. The van der Waals surface area contributed by atoms with Gasteiger partial charge in [0.05, 0.1) is 18.8 Å². The van der Waals surface area contributed by atoms with Gasteiger partial charge >= 0.3 is 0 Å². The third kappa shape index (κ3) is 3.59. The molecule has 3 aliphatic carbocycles. The molecular formula is C28H40O4. The average Bonchev–Trinajstić information content (AvgIpc) is 3.14. The van der Waals surface area contributed by atoms with Crippen molar-refractivity contribution < 1.29 is 19.4 Å². The summed E-state index contributed by atoms with van der Waals surface area (Å²) >= 11 is 0. The Balaban J connectivity index is 1.63. The summed E-state index contributed by atoms with van der Waals surface area (Å²) in [5.74, 6) is 0.716. The van der Waals surface area contributed by atoms with Crippen LogP contribution in [0.5, 0.6) is 0 Å². The third-order valence-electron chi connectivity index (χ3n) is 9.73. The molecule has 0 aromatic heterocycles. The molecule has 3 fully saturated rings. The first-order valence-electron chi connectivity index (χ1n) is 12.3. The van der Waals surface area contributed by atoms with Gasteiger partial charge in [-0.2, -0.15) is 0 Å². The lowest BCUT2D eigenvalue weighted by atomic mass is 9.44. The van der Waals surface area contributed by atoms with Gasteiger partial charge in [0.1, 0.15) is 12.6 Å². The zero-order valence-corrected chi connectivity index (χ0v) is 20.2.